The number of aromatic nitrogens is 2. The summed E-state index contributed by atoms with van der Waals surface area (Å²) in [5, 5.41) is 8.26. The van der Waals surface area contributed by atoms with Crippen molar-refractivity contribution in [2.24, 2.45) is 0 Å². The van der Waals surface area contributed by atoms with Gasteiger partial charge in [0.15, 0.2) is 0 Å². The van der Waals surface area contributed by atoms with Crippen LogP contribution in [0.2, 0.25) is 0 Å². The first kappa shape index (κ1) is 20.2. The summed E-state index contributed by atoms with van der Waals surface area (Å²) < 4.78 is 0. The molecule has 30 heavy (non-hydrogen) atoms. The number of piperazine rings is 1. The summed E-state index contributed by atoms with van der Waals surface area (Å²) in [7, 11) is 0. The highest BCUT2D eigenvalue weighted by molar-refractivity contribution is 7.16. The monoisotopic (exact) mass is 424 g/mol. The van der Waals surface area contributed by atoms with Crippen LogP contribution in [-0.4, -0.2) is 59.0 Å². The molecule has 1 fully saturated rings. The molecule has 1 aromatic carbocycles. The largest absolute Gasteiger partial charge is 0.353 e. The molecule has 0 bridgehead atoms. The van der Waals surface area contributed by atoms with Gasteiger partial charge in [-0.1, -0.05) is 30.3 Å². The maximum atomic E-state index is 12.5. The zero-order valence-corrected chi connectivity index (χ0v) is 17.6. The number of hydrogen-bond acceptors (Lipinski definition) is 7. The minimum absolute atomic E-state index is 0.295. The fourth-order valence-electron chi connectivity index (χ4n) is 3.55. The smallest absolute Gasteiger partial charge is 0.321 e. The van der Waals surface area contributed by atoms with Crippen molar-refractivity contribution >= 4 is 39.3 Å². The molecule has 3 aromatic rings. The minimum atomic E-state index is -0.477. The Balaban J connectivity index is 1.27. The van der Waals surface area contributed by atoms with Crippen molar-refractivity contribution < 1.29 is 9.59 Å². The van der Waals surface area contributed by atoms with Crippen LogP contribution in [-0.2, 0) is 11.3 Å². The lowest BCUT2D eigenvalue weighted by atomic mass is 10.2. The van der Waals surface area contributed by atoms with Crippen molar-refractivity contribution in [1.82, 2.24) is 25.5 Å². The summed E-state index contributed by atoms with van der Waals surface area (Å²) >= 11 is 1.60. The van der Waals surface area contributed by atoms with Gasteiger partial charge in [-0.25, -0.2) is 14.8 Å². The number of benzene rings is 1. The first-order valence-corrected chi connectivity index (χ1v) is 10.8. The van der Waals surface area contributed by atoms with Gasteiger partial charge in [-0.15, -0.1) is 11.3 Å². The van der Waals surface area contributed by atoms with Crippen LogP contribution in [0.15, 0.2) is 48.1 Å². The number of fused-ring (bicyclic) bond motifs is 1. The Hall–Kier alpha value is -3.04. The number of hydrogen-bond donors (Lipinski definition) is 2. The van der Waals surface area contributed by atoms with E-state index in [1.165, 1.54) is 0 Å². The fraction of sp³-hybridized carbons (Fsp3) is 0.333. The van der Waals surface area contributed by atoms with Gasteiger partial charge in [-0.3, -0.25) is 15.0 Å². The zero-order chi connectivity index (χ0) is 20.9. The van der Waals surface area contributed by atoms with Crippen molar-refractivity contribution in [3.05, 3.63) is 53.7 Å². The van der Waals surface area contributed by atoms with Gasteiger partial charge in [0.25, 0.3) is 0 Å². The Kier molecular flexibility index (Phi) is 6.20. The first-order chi connectivity index (χ1) is 14.6. The average molecular weight is 425 g/mol. The van der Waals surface area contributed by atoms with Crippen LogP contribution in [0.3, 0.4) is 0 Å². The van der Waals surface area contributed by atoms with Crippen molar-refractivity contribution in [3.63, 3.8) is 0 Å². The van der Waals surface area contributed by atoms with Gasteiger partial charge in [0.1, 0.15) is 17.0 Å². The second kappa shape index (κ2) is 9.19. The predicted molar refractivity (Wildman–Crippen MR) is 117 cm³/mol. The molecule has 0 radical (unpaired) electrons. The molecule has 1 aliphatic heterocycles. The van der Waals surface area contributed by atoms with Crippen molar-refractivity contribution in [3.8, 4) is 0 Å². The van der Waals surface area contributed by atoms with Gasteiger partial charge >= 0.3 is 6.03 Å². The van der Waals surface area contributed by atoms with E-state index in [1.54, 1.807) is 17.7 Å². The van der Waals surface area contributed by atoms with Crippen LogP contribution in [0.5, 0.6) is 0 Å². The molecule has 2 N–H and O–H groups in total. The number of carbonyl (C=O) groups is 2. The summed E-state index contributed by atoms with van der Waals surface area (Å²) in [6.45, 7) is 5.17. The normalized spacial score (nSPS) is 15.7. The van der Waals surface area contributed by atoms with E-state index < -0.39 is 6.03 Å². The Morgan fingerprint density at radius 1 is 1.10 bits per heavy atom. The quantitative estimate of drug-likeness (QED) is 0.653. The molecule has 1 unspecified atom stereocenters. The van der Waals surface area contributed by atoms with E-state index in [0.717, 1.165) is 47.8 Å². The third-order valence-corrected chi connectivity index (χ3v) is 6.14. The maximum absolute atomic E-state index is 12.5. The summed E-state index contributed by atoms with van der Waals surface area (Å²) in [5.74, 6) is 0.648. The summed E-state index contributed by atoms with van der Waals surface area (Å²) in [6, 6.07) is 10.8. The summed E-state index contributed by atoms with van der Waals surface area (Å²) in [4.78, 5) is 38.6. The molecule has 0 aliphatic carbocycles. The van der Waals surface area contributed by atoms with Gasteiger partial charge in [-0.05, 0) is 23.9 Å². The number of imide groups is 1. The molecule has 1 atom stereocenters. The Morgan fingerprint density at radius 2 is 1.87 bits per heavy atom. The molecule has 2 aromatic heterocycles. The molecule has 1 saturated heterocycles. The minimum Gasteiger partial charge on any atom is -0.353 e. The van der Waals surface area contributed by atoms with Crippen LogP contribution in [0.1, 0.15) is 12.5 Å². The van der Waals surface area contributed by atoms with Crippen LogP contribution >= 0.6 is 11.3 Å². The van der Waals surface area contributed by atoms with Crippen LogP contribution in [0.25, 0.3) is 10.2 Å². The molecule has 1 aliphatic rings. The summed E-state index contributed by atoms with van der Waals surface area (Å²) in [6.07, 6.45) is 1.60. The fourth-order valence-corrected chi connectivity index (χ4v) is 4.28. The van der Waals surface area contributed by atoms with Crippen molar-refractivity contribution in [2.45, 2.75) is 19.5 Å². The first-order valence-electron chi connectivity index (χ1n) is 9.91. The zero-order valence-electron chi connectivity index (χ0n) is 16.7. The molecular weight excluding hydrogens is 400 g/mol. The lowest BCUT2D eigenvalue weighted by Crippen LogP contribution is -2.55. The van der Waals surface area contributed by atoms with Gasteiger partial charge in [0, 0.05) is 32.7 Å². The van der Waals surface area contributed by atoms with Gasteiger partial charge in [0.2, 0.25) is 5.91 Å². The second-order valence-electron chi connectivity index (χ2n) is 7.19. The standard InChI is InChI=1S/C21H24N6O2S/c1-15(19(28)25-21(29)22-13-16-5-3-2-4-6-16)26-8-10-27(11-9-26)18-17-7-12-30-20(17)24-14-23-18/h2-7,12,14-15H,8-11,13H2,1H3,(H2,22,25,28,29). The van der Waals surface area contributed by atoms with Crippen LogP contribution in [0.4, 0.5) is 10.6 Å². The van der Waals surface area contributed by atoms with E-state index in [4.69, 9.17) is 0 Å². The van der Waals surface area contributed by atoms with Gasteiger partial charge < -0.3 is 10.2 Å². The second-order valence-corrected chi connectivity index (χ2v) is 8.09. The molecule has 0 spiro atoms. The topological polar surface area (TPSA) is 90.5 Å². The van der Waals surface area contributed by atoms with Crippen LogP contribution in [0, 0.1) is 0 Å². The van der Waals surface area contributed by atoms with E-state index in [9.17, 15) is 9.59 Å². The van der Waals surface area contributed by atoms with E-state index >= 15 is 0 Å². The van der Waals surface area contributed by atoms with E-state index in [-0.39, 0.29) is 11.9 Å². The number of nitrogens with one attached hydrogen (secondary N) is 2. The molecule has 9 heteroatoms. The Morgan fingerprint density at radius 3 is 2.63 bits per heavy atom. The van der Waals surface area contributed by atoms with Crippen molar-refractivity contribution in [2.75, 3.05) is 31.1 Å². The molecule has 156 valence electrons. The number of anilines is 1. The molecule has 3 heterocycles. The van der Waals surface area contributed by atoms with Gasteiger partial charge in [0.05, 0.1) is 11.4 Å². The summed E-state index contributed by atoms with van der Waals surface area (Å²) in [5.41, 5.74) is 0.980. The highest BCUT2D eigenvalue weighted by atomic mass is 32.1. The lowest BCUT2D eigenvalue weighted by molar-refractivity contribution is -0.124. The number of thiophene rings is 1. The average Bonchev–Trinajstić information content (AvgIpc) is 3.27. The molecule has 0 saturated carbocycles. The SMILES string of the molecule is CC(C(=O)NC(=O)NCc1ccccc1)N1CCN(c2ncnc3sccc23)CC1. The highest BCUT2D eigenvalue weighted by Gasteiger charge is 2.27. The molecular formula is C21H24N6O2S. The van der Waals surface area contributed by atoms with Crippen molar-refractivity contribution in [1.29, 1.82) is 0 Å². The van der Waals surface area contributed by atoms with E-state index in [1.807, 2.05) is 48.7 Å². The molecule has 3 amide bonds. The Labute approximate surface area is 178 Å². The van der Waals surface area contributed by atoms with Crippen LogP contribution < -0.4 is 15.5 Å². The highest BCUT2D eigenvalue weighted by Crippen LogP contribution is 2.27. The number of amides is 3. The predicted octanol–water partition coefficient (Wildman–Crippen LogP) is 2.23. The molecule has 4 rings (SSSR count). The third kappa shape index (κ3) is 4.58. The third-order valence-electron chi connectivity index (χ3n) is 5.31. The number of nitrogens with zero attached hydrogens (tertiary/aromatic N) is 4. The number of carbonyl (C=O) groups excluding carboxylic acids is 2. The Bertz CT molecular complexity index is 1020. The van der Waals surface area contributed by atoms with E-state index in [2.05, 4.69) is 30.4 Å². The number of urea groups is 1. The van der Waals surface area contributed by atoms with Gasteiger partial charge in [-0.2, -0.15) is 0 Å². The maximum Gasteiger partial charge on any atom is 0.321 e. The lowest BCUT2D eigenvalue weighted by Gasteiger charge is -2.38. The number of rotatable bonds is 5. The molecule has 8 nitrogen and oxygen atoms in total. The van der Waals surface area contributed by atoms with E-state index in [0.29, 0.717) is 6.54 Å².